The van der Waals surface area contributed by atoms with Crippen molar-refractivity contribution in [2.75, 3.05) is 16.3 Å². The molecular weight excluding hydrogens is 370 g/mol. The number of rotatable bonds is 6. The molecule has 0 aliphatic carbocycles. The predicted octanol–water partition coefficient (Wildman–Crippen LogP) is 3.41. The lowest BCUT2D eigenvalue weighted by atomic mass is 10.1. The second-order valence-electron chi connectivity index (χ2n) is 6.00. The quantitative estimate of drug-likeness (QED) is 0.439. The molecule has 9 nitrogen and oxygen atoms in total. The molecule has 0 bridgehead atoms. The average Bonchev–Trinajstić information content (AvgIpc) is 3.04. The van der Waals surface area contributed by atoms with Crippen LogP contribution in [0.4, 0.5) is 22.9 Å². The van der Waals surface area contributed by atoms with Gasteiger partial charge in [0.25, 0.3) is 5.69 Å². The van der Waals surface area contributed by atoms with Gasteiger partial charge in [0, 0.05) is 35.1 Å². The summed E-state index contributed by atoms with van der Waals surface area (Å²) in [5.74, 6) is 0.565. The Labute approximate surface area is 155 Å². The van der Waals surface area contributed by atoms with Crippen LogP contribution in [-0.2, 0) is 10.0 Å². The fourth-order valence-corrected chi connectivity index (χ4v) is 3.07. The van der Waals surface area contributed by atoms with E-state index < -0.39 is 14.9 Å². The maximum Gasteiger partial charge on any atom is 0.269 e. The third kappa shape index (κ3) is 4.61. The molecule has 1 heterocycles. The number of nitro groups is 1. The van der Waals surface area contributed by atoms with E-state index >= 15 is 0 Å². The number of anilines is 3. The number of hydrogen-bond donors (Lipinski definition) is 3. The molecule has 0 aliphatic heterocycles. The lowest BCUT2D eigenvalue weighted by Crippen LogP contribution is -2.09. The van der Waals surface area contributed by atoms with E-state index in [0.29, 0.717) is 17.2 Å². The molecule has 0 saturated heterocycles. The van der Waals surface area contributed by atoms with Crippen molar-refractivity contribution in [3.63, 3.8) is 0 Å². The van der Waals surface area contributed by atoms with Gasteiger partial charge in [0.2, 0.25) is 10.0 Å². The zero-order valence-corrected chi connectivity index (χ0v) is 15.4. The maximum absolute atomic E-state index is 11.3. The molecule has 0 fully saturated rings. The van der Waals surface area contributed by atoms with Crippen LogP contribution in [-0.4, -0.2) is 29.8 Å². The van der Waals surface area contributed by atoms with Crippen molar-refractivity contribution in [2.24, 2.45) is 0 Å². The Morgan fingerprint density at radius 2 is 1.81 bits per heavy atom. The van der Waals surface area contributed by atoms with Gasteiger partial charge < -0.3 is 5.32 Å². The minimum Gasteiger partial charge on any atom is -0.339 e. The number of benzene rings is 2. The summed E-state index contributed by atoms with van der Waals surface area (Å²) in [6.07, 6.45) is 1.10. The summed E-state index contributed by atoms with van der Waals surface area (Å²) < 4.78 is 25.0. The Morgan fingerprint density at radius 1 is 1.11 bits per heavy atom. The van der Waals surface area contributed by atoms with Gasteiger partial charge in [-0.15, -0.1) is 0 Å². The molecule has 0 saturated carbocycles. The molecule has 0 aliphatic rings. The summed E-state index contributed by atoms with van der Waals surface area (Å²) >= 11 is 0. The van der Waals surface area contributed by atoms with E-state index in [2.05, 4.69) is 20.2 Å². The Morgan fingerprint density at radius 3 is 2.41 bits per heavy atom. The Hall–Kier alpha value is -3.40. The molecule has 10 heteroatoms. The molecule has 1 aromatic heterocycles. The van der Waals surface area contributed by atoms with Crippen LogP contribution in [0.5, 0.6) is 0 Å². The van der Waals surface area contributed by atoms with Crippen LogP contribution in [0.3, 0.4) is 0 Å². The number of nitrogens with zero attached hydrogens (tertiary/aromatic N) is 2. The highest BCUT2D eigenvalue weighted by molar-refractivity contribution is 7.92. The number of aromatic amines is 1. The van der Waals surface area contributed by atoms with Crippen LogP contribution in [0.1, 0.15) is 5.56 Å². The van der Waals surface area contributed by atoms with Crippen molar-refractivity contribution >= 4 is 32.9 Å². The summed E-state index contributed by atoms with van der Waals surface area (Å²) in [6.45, 7) is 1.85. The Bertz CT molecular complexity index is 1090. The number of aromatic nitrogens is 2. The fraction of sp³-hybridized carbons (Fsp3) is 0.118. The zero-order valence-electron chi connectivity index (χ0n) is 14.6. The molecule has 0 atom stereocenters. The van der Waals surface area contributed by atoms with Gasteiger partial charge in [-0.3, -0.25) is 19.9 Å². The van der Waals surface area contributed by atoms with Gasteiger partial charge in [0.15, 0.2) is 5.82 Å². The first kappa shape index (κ1) is 18.4. The van der Waals surface area contributed by atoms with Crippen LogP contribution < -0.4 is 10.0 Å². The number of sulfonamides is 1. The SMILES string of the molecule is Cc1cc(NS(C)(=O)=O)ccc1Nc1cc(-c2ccc([N+](=O)[O-])cc2)[nH]n1. The highest BCUT2D eigenvalue weighted by Gasteiger charge is 2.09. The summed E-state index contributed by atoms with van der Waals surface area (Å²) in [6, 6.07) is 13.1. The van der Waals surface area contributed by atoms with Gasteiger partial charge >= 0.3 is 0 Å². The van der Waals surface area contributed by atoms with Gasteiger partial charge in [-0.05, 0) is 42.8 Å². The number of nitro benzene ring substituents is 1. The van der Waals surface area contributed by atoms with Crippen molar-refractivity contribution in [1.29, 1.82) is 0 Å². The third-order valence-electron chi connectivity index (χ3n) is 3.76. The van der Waals surface area contributed by atoms with E-state index in [1.54, 1.807) is 36.4 Å². The largest absolute Gasteiger partial charge is 0.339 e. The van der Waals surface area contributed by atoms with Crippen LogP contribution in [0.25, 0.3) is 11.3 Å². The normalized spacial score (nSPS) is 11.2. The average molecular weight is 387 g/mol. The summed E-state index contributed by atoms with van der Waals surface area (Å²) in [4.78, 5) is 10.3. The minimum atomic E-state index is -3.33. The summed E-state index contributed by atoms with van der Waals surface area (Å²) in [5, 5.41) is 20.9. The van der Waals surface area contributed by atoms with E-state index in [1.165, 1.54) is 12.1 Å². The van der Waals surface area contributed by atoms with Gasteiger partial charge in [0.1, 0.15) is 0 Å². The second-order valence-corrected chi connectivity index (χ2v) is 7.75. The van der Waals surface area contributed by atoms with Gasteiger partial charge in [-0.25, -0.2) is 8.42 Å². The molecule has 0 spiro atoms. The second kappa shape index (κ2) is 7.08. The molecular formula is C17H17N5O4S. The molecule has 0 amide bonds. The number of nitrogens with one attached hydrogen (secondary N) is 3. The van der Waals surface area contributed by atoms with Gasteiger partial charge in [-0.1, -0.05) is 0 Å². The van der Waals surface area contributed by atoms with E-state index in [4.69, 9.17) is 0 Å². The van der Waals surface area contributed by atoms with E-state index in [1.807, 2.05) is 6.92 Å². The molecule has 2 aromatic carbocycles. The third-order valence-corrected chi connectivity index (χ3v) is 4.37. The van der Waals surface area contributed by atoms with Gasteiger partial charge in [-0.2, -0.15) is 5.10 Å². The minimum absolute atomic E-state index is 0.0232. The van der Waals surface area contributed by atoms with Crippen LogP contribution in [0.2, 0.25) is 0 Å². The summed E-state index contributed by atoms with van der Waals surface area (Å²) in [7, 11) is -3.33. The highest BCUT2D eigenvalue weighted by Crippen LogP contribution is 2.26. The van der Waals surface area contributed by atoms with Crippen LogP contribution in [0, 0.1) is 17.0 Å². The first-order valence-electron chi connectivity index (χ1n) is 7.87. The first-order valence-corrected chi connectivity index (χ1v) is 9.76. The van der Waals surface area contributed by atoms with E-state index in [0.717, 1.165) is 23.1 Å². The van der Waals surface area contributed by atoms with Crippen molar-refractivity contribution < 1.29 is 13.3 Å². The number of H-pyrrole nitrogens is 1. The van der Waals surface area contributed by atoms with Crippen molar-refractivity contribution in [3.8, 4) is 11.3 Å². The molecule has 27 heavy (non-hydrogen) atoms. The summed E-state index contributed by atoms with van der Waals surface area (Å²) in [5.41, 5.74) is 3.59. The van der Waals surface area contributed by atoms with Crippen LogP contribution in [0.15, 0.2) is 48.5 Å². The topological polar surface area (TPSA) is 130 Å². The predicted molar refractivity (Wildman–Crippen MR) is 104 cm³/mol. The molecule has 140 valence electrons. The molecule has 0 unspecified atom stereocenters. The van der Waals surface area contributed by atoms with E-state index in [9.17, 15) is 18.5 Å². The lowest BCUT2D eigenvalue weighted by molar-refractivity contribution is -0.384. The first-order chi connectivity index (χ1) is 12.7. The van der Waals surface area contributed by atoms with Gasteiger partial charge in [0.05, 0.1) is 16.9 Å². The van der Waals surface area contributed by atoms with Crippen LogP contribution >= 0.6 is 0 Å². The van der Waals surface area contributed by atoms with Crippen molar-refractivity contribution in [2.45, 2.75) is 6.92 Å². The van der Waals surface area contributed by atoms with Crippen molar-refractivity contribution in [3.05, 3.63) is 64.2 Å². The highest BCUT2D eigenvalue weighted by atomic mass is 32.2. The number of aryl methyl sites for hydroxylation is 1. The molecule has 3 rings (SSSR count). The molecule has 3 N–H and O–H groups in total. The van der Waals surface area contributed by atoms with Crippen molar-refractivity contribution in [1.82, 2.24) is 10.2 Å². The fourth-order valence-electron chi connectivity index (χ4n) is 2.52. The standard InChI is InChI=1S/C17H17N5O4S/c1-11-9-13(21-27(2,25)26)5-8-15(11)18-17-10-16(19-20-17)12-3-6-14(7-4-12)22(23)24/h3-10,21H,1-2H3,(H2,18,19,20). The zero-order chi connectivity index (χ0) is 19.6. The molecule has 3 aromatic rings. The monoisotopic (exact) mass is 387 g/mol. The molecule has 0 radical (unpaired) electrons. The Kier molecular flexibility index (Phi) is 4.82. The Balaban J connectivity index is 1.76. The maximum atomic E-state index is 11.3. The van der Waals surface area contributed by atoms with E-state index in [-0.39, 0.29) is 5.69 Å². The lowest BCUT2D eigenvalue weighted by Gasteiger charge is -2.10. The smallest absolute Gasteiger partial charge is 0.269 e. The number of hydrogen-bond acceptors (Lipinski definition) is 6. The number of non-ortho nitro benzene ring substituents is 1.